The minimum atomic E-state index is -0.0996. The van der Waals surface area contributed by atoms with Crippen LogP contribution in [0.15, 0.2) is 35.7 Å². The quantitative estimate of drug-likeness (QED) is 0.457. The van der Waals surface area contributed by atoms with Crippen molar-refractivity contribution in [2.45, 2.75) is 52.6 Å². The molecule has 0 heterocycles. The maximum Gasteiger partial charge on any atom is 4.00 e. The van der Waals surface area contributed by atoms with Crippen molar-refractivity contribution < 1.29 is 26.2 Å². The van der Waals surface area contributed by atoms with Gasteiger partial charge in [-0.1, -0.05) is 54.7 Å². The number of allylic oxidation sites excluding steroid dienone is 2. The average molecular weight is 440 g/mol. The molecule has 0 saturated heterocycles. The molecule has 0 atom stereocenters. The third-order valence-electron chi connectivity index (χ3n) is 3.17. The van der Waals surface area contributed by atoms with Gasteiger partial charge in [0.15, 0.2) is 0 Å². The summed E-state index contributed by atoms with van der Waals surface area (Å²) in [6.45, 7) is 20.4. The van der Waals surface area contributed by atoms with Crippen molar-refractivity contribution in [3.63, 3.8) is 0 Å². The van der Waals surface area contributed by atoms with E-state index in [1.54, 1.807) is 0 Å². The van der Waals surface area contributed by atoms with Crippen LogP contribution in [0.5, 0.6) is 0 Å². The van der Waals surface area contributed by atoms with Crippen molar-refractivity contribution in [1.82, 2.24) is 0 Å². The van der Waals surface area contributed by atoms with E-state index < -0.39 is 0 Å². The summed E-state index contributed by atoms with van der Waals surface area (Å²) in [4.78, 5) is 0. The fourth-order valence-corrected chi connectivity index (χ4v) is 2.06. The minimum absolute atomic E-state index is 0. The third kappa shape index (κ3) is 11.3. The molecule has 2 nitrogen and oxygen atoms in total. The van der Waals surface area contributed by atoms with Crippen LogP contribution in [0.25, 0.3) is 10.6 Å². The maximum atomic E-state index is 4.64. The Balaban J connectivity index is 0.000000496. The molecule has 3 aliphatic carbocycles. The smallest absolute Gasteiger partial charge is 0.680 e. The van der Waals surface area contributed by atoms with Gasteiger partial charge in [0.2, 0.25) is 0 Å². The van der Waals surface area contributed by atoms with Gasteiger partial charge in [-0.05, 0) is 75.4 Å². The van der Waals surface area contributed by atoms with Crippen molar-refractivity contribution >= 4 is 0 Å². The van der Waals surface area contributed by atoms with E-state index in [4.69, 9.17) is 0 Å². The first kappa shape index (κ1) is 26.7. The molecular weight excluding hydrogens is 408 g/mol. The number of hydrogen-bond donors (Lipinski definition) is 0. The summed E-state index contributed by atoms with van der Waals surface area (Å²) >= 11 is 0. The van der Waals surface area contributed by atoms with E-state index >= 15 is 0 Å². The van der Waals surface area contributed by atoms with Gasteiger partial charge in [-0.25, -0.2) is 0 Å². The van der Waals surface area contributed by atoms with Gasteiger partial charge in [-0.2, -0.15) is 0 Å². The number of nitrogens with zero attached hydrogens (tertiary/aromatic N) is 2. The van der Waals surface area contributed by atoms with Crippen LogP contribution in [0.1, 0.15) is 41.5 Å². The first-order valence-electron chi connectivity index (χ1n) is 8.93. The van der Waals surface area contributed by atoms with E-state index in [0.717, 1.165) is 22.5 Å². The molecular formula is C24H32N2Zr+2. The van der Waals surface area contributed by atoms with E-state index in [2.05, 4.69) is 65.3 Å². The minimum Gasteiger partial charge on any atom is -0.680 e. The number of rotatable bonds is 2. The van der Waals surface area contributed by atoms with Crippen LogP contribution in [-0.4, -0.2) is 11.1 Å². The Hall–Kier alpha value is -0.297. The standard InChI is InChI=1S/C14H22N2.2C5H5.Zr/c1-9-10(2)12(16-14(6,7)8)11(9)15-13(3,4)5;2*1-2-4-5-3-1;/h1-2H2,3-8H3;2*1-5H;/q-2;;;+4. The van der Waals surface area contributed by atoms with Crippen LogP contribution in [0.4, 0.5) is 0 Å². The Bertz CT molecular complexity index is 434. The molecule has 0 aromatic carbocycles. The average Bonchev–Trinajstić information content (AvgIpc) is 3.26. The Kier molecular flexibility index (Phi) is 12.2. The van der Waals surface area contributed by atoms with Gasteiger partial charge in [0.1, 0.15) is 0 Å². The van der Waals surface area contributed by atoms with E-state index in [0.29, 0.717) is 0 Å². The summed E-state index contributed by atoms with van der Waals surface area (Å²) in [5, 5.41) is 9.27. The summed E-state index contributed by atoms with van der Waals surface area (Å²) in [7, 11) is 0. The molecule has 0 aromatic heterocycles. The van der Waals surface area contributed by atoms with Crippen molar-refractivity contribution in [2.75, 3.05) is 0 Å². The molecule has 10 radical (unpaired) electrons. The Morgan fingerprint density at radius 1 is 0.519 bits per heavy atom. The van der Waals surface area contributed by atoms with Gasteiger partial charge < -0.3 is 10.6 Å². The molecule has 2 saturated carbocycles. The second kappa shape index (κ2) is 12.3. The summed E-state index contributed by atoms with van der Waals surface area (Å²) in [5.41, 5.74) is 3.51. The Morgan fingerprint density at radius 3 is 0.852 bits per heavy atom. The van der Waals surface area contributed by atoms with Gasteiger partial charge in [-0.15, -0.1) is 22.5 Å². The van der Waals surface area contributed by atoms with E-state index in [-0.39, 0.29) is 37.3 Å². The second-order valence-corrected chi connectivity index (χ2v) is 8.14. The first-order chi connectivity index (χ1) is 12.0. The van der Waals surface area contributed by atoms with Crippen molar-refractivity contribution in [1.29, 1.82) is 0 Å². The van der Waals surface area contributed by atoms with Crippen LogP contribution in [0, 0.1) is 64.2 Å². The summed E-state index contributed by atoms with van der Waals surface area (Å²) in [6, 6.07) is 0. The third-order valence-corrected chi connectivity index (χ3v) is 3.17. The van der Waals surface area contributed by atoms with Crippen LogP contribution in [0.3, 0.4) is 0 Å². The van der Waals surface area contributed by atoms with Gasteiger partial charge in [0, 0.05) is 0 Å². The van der Waals surface area contributed by atoms with Crippen molar-refractivity contribution in [2.24, 2.45) is 0 Å². The maximum absolute atomic E-state index is 4.64. The zero-order chi connectivity index (χ0) is 19.8. The van der Waals surface area contributed by atoms with Crippen LogP contribution in [-0.2, 0) is 26.2 Å². The Labute approximate surface area is 188 Å². The van der Waals surface area contributed by atoms with Crippen LogP contribution in [0.2, 0.25) is 0 Å². The van der Waals surface area contributed by atoms with Gasteiger partial charge in [0.25, 0.3) is 0 Å². The van der Waals surface area contributed by atoms with Crippen LogP contribution >= 0.6 is 0 Å². The molecule has 0 aliphatic heterocycles. The molecule has 3 heteroatoms. The fourth-order valence-electron chi connectivity index (χ4n) is 2.06. The fraction of sp³-hybridized carbons (Fsp3) is 0.333. The molecule has 0 amide bonds. The zero-order valence-electron chi connectivity index (χ0n) is 17.6. The normalized spacial score (nSPS) is 19.2. The van der Waals surface area contributed by atoms with Gasteiger partial charge in [-0.3, -0.25) is 0 Å². The molecule has 0 N–H and O–H groups in total. The largest absolute Gasteiger partial charge is 4.00 e. The van der Waals surface area contributed by atoms with Crippen molar-refractivity contribution in [3.05, 3.63) is 111 Å². The van der Waals surface area contributed by atoms with E-state index in [9.17, 15) is 0 Å². The van der Waals surface area contributed by atoms with Gasteiger partial charge in [0.05, 0.1) is 0 Å². The molecule has 0 aromatic rings. The topological polar surface area (TPSA) is 28.2 Å². The van der Waals surface area contributed by atoms with Gasteiger partial charge >= 0.3 is 26.2 Å². The molecule has 2 fully saturated rings. The number of hydrogen-bond acceptors (Lipinski definition) is 0. The molecule has 0 bridgehead atoms. The van der Waals surface area contributed by atoms with Crippen LogP contribution < -0.4 is 0 Å². The summed E-state index contributed by atoms with van der Waals surface area (Å²) < 4.78 is 0. The summed E-state index contributed by atoms with van der Waals surface area (Å²) in [6.07, 6.45) is 20.0. The molecule has 3 rings (SSSR count). The van der Waals surface area contributed by atoms with E-state index in [1.807, 2.05) is 64.2 Å². The SMILES string of the molecule is C=C1C(=C)C([N-]C(C)(C)C)=C1[N-]C(C)(C)C.[CH]1[CH][CH][CH][CH]1.[CH]1[CH][CH][CH][CH]1.[Zr+4]. The molecule has 27 heavy (non-hydrogen) atoms. The zero-order valence-corrected chi connectivity index (χ0v) is 20.0. The predicted octanol–water partition coefficient (Wildman–Crippen LogP) is 6.71. The van der Waals surface area contributed by atoms with E-state index in [1.165, 1.54) is 0 Å². The Morgan fingerprint density at radius 2 is 0.704 bits per heavy atom. The molecule has 0 unspecified atom stereocenters. The van der Waals surface area contributed by atoms with Crippen molar-refractivity contribution in [3.8, 4) is 0 Å². The molecule has 0 spiro atoms. The first-order valence-corrected chi connectivity index (χ1v) is 8.93. The molecule has 140 valence electrons. The summed E-state index contributed by atoms with van der Waals surface area (Å²) in [5.74, 6) is 0. The monoisotopic (exact) mass is 438 g/mol. The predicted molar refractivity (Wildman–Crippen MR) is 115 cm³/mol. The second-order valence-electron chi connectivity index (χ2n) is 8.14. The molecule has 3 aliphatic rings.